The van der Waals surface area contributed by atoms with Crippen molar-refractivity contribution in [2.75, 3.05) is 0 Å². The number of hydrogen-bond donors (Lipinski definition) is 0. The van der Waals surface area contributed by atoms with Crippen LogP contribution in [0.5, 0.6) is 0 Å². The molecule has 0 saturated heterocycles. The lowest BCUT2D eigenvalue weighted by Crippen LogP contribution is -2.55. The Hall–Kier alpha value is -3.18. The summed E-state index contributed by atoms with van der Waals surface area (Å²) in [5.41, 5.74) is -2.82. The van der Waals surface area contributed by atoms with Gasteiger partial charge in [-0.2, -0.15) is 0 Å². The van der Waals surface area contributed by atoms with Gasteiger partial charge in [-0.25, -0.2) is 0 Å². The maximum atomic E-state index is 12.5. The third-order valence-corrected chi connectivity index (χ3v) is 32.1. The second-order valence-corrected chi connectivity index (χ2v) is 42.5. The fourth-order valence-electron chi connectivity index (χ4n) is 19.0. The van der Waals surface area contributed by atoms with Gasteiger partial charge in [0, 0.05) is 16.2 Å². The molecule has 0 aromatic carbocycles. The Morgan fingerprint density at radius 1 is 0.301 bits per heavy atom. The molecule has 0 N–H and O–H groups in total. The Kier molecular flexibility index (Phi) is 45.3. The van der Waals surface area contributed by atoms with Crippen LogP contribution in [0, 0.1) is 77.8 Å². The fourth-order valence-corrected chi connectivity index (χ4v) is 19.0. The topological polar surface area (TPSA) is 158 Å². The van der Waals surface area contributed by atoms with Crippen molar-refractivity contribution >= 4 is 35.8 Å². The van der Waals surface area contributed by atoms with Crippen LogP contribution < -0.4 is 0 Å². The van der Waals surface area contributed by atoms with Crippen LogP contribution in [0.1, 0.15) is 503 Å². The average Bonchev–Trinajstić information content (AvgIpc) is 1.54. The van der Waals surface area contributed by atoms with E-state index in [1.807, 2.05) is 96.9 Å². The van der Waals surface area contributed by atoms with Gasteiger partial charge in [0.25, 0.3) is 0 Å². The molecule has 12 heteroatoms. The van der Waals surface area contributed by atoms with E-state index >= 15 is 0 Å². The molecule has 672 valence electrons. The van der Waals surface area contributed by atoms with Gasteiger partial charge in [-0.05, 0) is 332 Å². The van der Waals surface area contributed by atoms with Gasteiger partial charge in [0.2, 0.25) is 0 Å². The molecule has 12 nitrogen and oxygen atoms in total. The molecule has 0 heterocycles. The third kappa shape index (κ3) is 27.4. The molecule has 9 aliphatic carbocycles. The summed E-state index contributed by atoms with van der Waals surface area (Å²) in [6.07, 6.45) is 44.3. The molecule has 113 heavy (non-hydrogen) atoms. The zero-order valence-electron chi connectivity index (χ0n) is 75.8. The molecule has 0 radical (unpaired) electrons. The lowest BCUT2D eigenvalue weighted by atomic mass is 9.61. The van der Waals surface area contributed by atoms with E-state index in [2.05, 4.69) is 111 Å². The minimum atomic E-state index is -0.378. The van der Waals surface area contributed by atoms with Gasteiger partial charge >= 0.3 is 35.8 Å². The standard InChI is InChI=1S/2C17H30O2.C17H32O2.C15H26O2.C15H28O2.C14H26O2.6CH4/c1-8-14(2,3)13(18)19-17(7)11-12-9-10-16(17,6)15(12,4)5;1-8-14(2,3)13(18)19-17(7)15(4,5)12-9-10-16(17,6)11-12;1-5-16(2,3)15(18)19-17(4)13-11-9-7-6-8-10-12-14-17;1-5-14(3,4)13(16)17-15(6-2)10-11-7-8-12(15)9-11;1-5-14(3,4)13(16)17-15(6-2)11-9-7-8-10-12-15;1-5-13(2,3)12(15)16-14(4)10-8-6-7-9-11-14;;;;;;/h2*12H,8-11H2,1-7H3;5-14H2,1-4H3;11-12H,5-10H2,1-4H3;5-12H2,1-4H3;5-11H2,1-4H3;6*1H4. The molecule has 9 fully saturated rings. The maximum absolute atomic E-state index is 12.5. The normalized spacial score (nSPS) is 28.8. The van der Waals surface area contributed by atoms with Crippen LogP contribution in [0.25, 0.3) is 0 Å². The SMILES string of the molecule is C.C.C.C.C.C.CCC(C)(C)C(=O)OC1(C)C2(C)CCC(C2)C1(C)C.CCC(C)(C)C(=O)OC1(C)CC2CCC1(C)C2(C)C.CCC(C)(C)C(=O)OC1(C)CCCCCC1.CCC(C)(C)C(=O)OC1(C)CCCCCCCCC1.CCC(C)(C)C(=O)OC1(CC)CC2CCC1C2.CCC1(OC(=O)C(C)(C)CC)CCCCCC1. The number of esters is 6. The van der Waals surface area contributed by atoms with Gasteiger partial charge in [-0.3, -0.25) is 28.8 Å². The molecule has 0 aromatic heterocycles. The van der Waals surface area contributed by atoms with Crippen LogP contribution in [-0.4, -0.2) is 69.4 Å². The first-order valence-corrected chi connectivity index (χ1v) is 44.6. The number of carbonyl (C=O) groups excluding carboxylic acids is 6. The van der Waals surface area contributed by atoms with Crippen LogP contribution in [0.2, 0.25) is 0 Å². The summed E-state index contributed by atoms with van der Waals surface area (Å²) < 4.78 is 35.9. The molecule has 9 rings (SSSR count). The Morgan fingerprint density at radius 2 is 0.611 bits per heavy atom. The summed E-state index contributed by atoms with van der Waals surface area (Å²) in [5, 5.41) is 0. The number of carbonyl (C=O) groups is 6. The van der Waals surface area contributed by atoms with Crippen molar-refractivity contribution < 1.29 is 57.2 Å². The maximum Gasteiger partial charge on any atom is 0.312 e. The van der Waals surface area contributed by atoms with Crippen LogP contribution in [0.4, 0.5) is 0 Å². The number of fused-ring (bicyclic) bond motifs is 6. The minimum absolute atomic E-state index is 0. The zero-order chi connectivity index (χ0) is 81.6. The van der Waals surface area contributed by atoms with Crippen LogP contribution in [0.3, 0.4) is 0 Å². The Labute approximate surface area is 703 Å². The van der Waals surface area contributed by atoms with Gasteiger partial charge in [0.1, 0.15) is 33.6 Å². The van der Waals surface area contributed by atoms with E-state index in [9.17, 15) is 28.8 Å². The lowest BCUT2D eigenvalue weighted by molar-refractivity contribution is -0.202. The van der Waals surface area contributed by atoms with Crippen LogP contribution in [-0.2, 0) is 57.2 Å². The van der Waals surface area contributed by atoms with Crippen molar-refractivity contribution in [1.29, 1.82) is 0 Å². The third-order valence-electron chi connectivity index (χ3n) is 32.1. The van der Waals surface area contributed by atoms with Crippen molar-refractivity contribution in [3.63, 3.8) is 0 Å². The Morgan fingerprint density at radius 3 is 0.894 bits per heavy atom. The molecule has 0 aliphatic heterocycles. The van der Waals surface area contributed by atoms with Gasteiger partial charge in [0.05, 0.1) is 32.5 Å². The highest BCUT2D eigenvalue weighted by Gasteiger charge is 2.70. The number of rotatable bonds is 20. The van der Waals surface area contributed by atoms with Gasteiger partial charge in [-0.1, -0.05) is 199 Å². The van der Waals surface area contributed by atoms with Crippen molar-refractivity contribution in [2.45, 2.75) is 536 Å². The number of hydrogen-bond acceptors (Lipinski definition) is 12. The van der Waals surface area contributed by atoms with E-state index in [4.69, 9.17) is 28.4 Å². The fraction of sp³-hybridized carbons (Fsp3) is 0.941. The summed E-state index contributed by atoms with van der Waals surface area (Å²) >= 11 is 0. The summed E-state index contributed by atoms with van der Waals surface area (Å²) in [5.74, 6) is 2.74. The summed E-state index contributed by atoms with van der Waals surface area (Å²) in [6, 6.07) is 0. The molecular weight excluding hydrogens is 1410 g/mol. The first-order valence-electron chi connectivity index (χ1n) is 44.6. The van der Waals surface area contributed by atoms with Crippen molar-refractivity contribution in [3.05, 3.63) is 0 Å². The Bertz CT molecular complexity index is 2820. The molecule has 6 bridgehead atoms. The average molecular weight is 1600 g/mol. The first kappa shape index (κ1) is 114. The minimum Gasteiger partial charge on any atom is -0.459 e. The second-order valence-electron chi connectivity index (χ2n) is 42.5. The molecule has 9 unspecified atom stereocenters. The van der Waals surface area contributed by atoms with E-state index in [0.29, 0.717) is 17.8 Å². The van der Waals surface area contributed by atoms with Gasteiger partial charge in [0.15, 0.2) is 0 Å². The predicted octanol–water partition coefficient (Wildman–Crippen LogP) is 30.7. The largest absolute Gasteiger partial charge is 0.459 e. The smallest absolute Gasteiger partial charge is 0.312 e. The van der Waals surface area contributed by atoms with Gasteiger partial charge in [-0.15, -0.1) is 0 Å². The van der Waals surface area contributed by atoms with Gasteiger partial charge < -0.3 is 28.4 Å². The monoisotopic (exact) mass is 1600 g/mol. The van der Waals surface area contributed by atoms with Crippen LogP contribution >= 0.6 is 0 Å². The zero-order valence-corrected chi connectivity index (χ0v) is 75.8. The van der Waals surface area contributed by atoms with E-state index in [1.165, 1.54) is 148 Å². The summed E-state index contributed by atoms with van der Waals surface area (Å²) in [4.78, 5) is 73.9. The first-order chi connectivity index (χ1) is 49.2. The highest BCUT2D eigenvalue weighted by Crippen LogP contribution is 2.72. The molecule has 0 amide bonds. The van der Waals surface area contributed by atoms with Crippen molar-refractivity contribution in [3.8, 4) is 0 Å². The Balaban J connectivity index is -0.00000127. The second kappa shape index (κ2) is 44.9. The lowest BCUT2D eigenvalue weighted by Gasteiger charge is -2.51. The van der Waals surface area contributed by atoms with E-state index in [1.54, 1.807) is 0 Å². The van der Waals surface area contributed by atoms with Crippen LogP contribution in [0.15, 0.2) is 0 Å². The molecular formula is C101H196O12. The van der Waals surface area contributed by atoms with Crippen molar-refractivity contribution in [2.24, 2.45) is 77.8 Å². The number of ether oxygens (including phenoxy) is 6. The molecule has 9 atom stereocenters. The van der Waals surface area contributed by atoms with E-state index in [-0.39, 0.29) is 168 Å². The predicted molar refractivity (Wildman–Crippen MR) is 482 cm³/mol. The van der Waals surface area contributed by atoms with E-state index in [0.717, 1.165) is 109 Å². The quantitative estimate of drug-likeness (QED) is 0.0646. The highest BCUT2D eigenvalue weighted by molar-refractivity contribution is 5.79. The molecule has 0 aromatic rings. The summed E-state index contributed by atoms with van der Waals surface area (Å²) in [6.45, 7) is 62.9. The molecule has 9 aliphatic rings. The highest BCUT2D eigenvalue weighted by atomic mass is 16.6. The summed E-state index contributed by atoms with van der Waals surface area (Å²) in [7, 11) is 0. The molecule has 9 saturated carbocycles. The van der Waals surface area contributed by atoms with Crippen molar-refractivity contribution in [1.82, 2.24) is 0 Å². The molecule has 0 spiro atoms. The van der Waals surface area contributed by atoms with E-state index < -0.39 is 0 Å².